The molecule has 0 fully saturated rings. The molecule has 0 spiro atoms. The summed E-state index contributed by atoms with van der Waals surface area (Å²) in [7, 11) is 0. The first-order chi connectivity index (χ1) is 8.99. The SMILES string of the molecule is Cc1ccc(Cl)c(Oc2cccc(F)c2[N+](=O)[O-])c1. The minimum Gasteiger partial charge on any atom is -0.448 e. The minimum atomic E-state index is -0.953. The topological polar surface area (TPSA) is 52.4 Å². The normalized spacial score (nSPS) is 10.3. The largest absolute Gasteiger partial charge is 0.448 e. The molecule has 98 valence electrons. The van der Waals surface area contributed by atoms with Crippen molar-refractivity contribution in [2.75, 3.05) is 0 Å². The first-order valence-electron chi connectivity index (χ1n) is 5.36. The molecule has 0 unspecified atom stereocenters. The maximum Gasteiger partial charge on any atom is 0.346 e. The molecule has 0 heterocycles. The van der Waals surface area contributed by atoms with Crippen molar-refractivity contribution in [1.29, 1.82) is 0 Å². The van der Waals surface area contributed by atoms with Gasteiger partial charge in [-0.3, -0.25) is 10.1 Å². The minimum absolute atomic E-state index is 0.183. The molecule has 2 aromatic rings. The summed E-state index contributed by atoms with van der Waals surface area (Å²) in [5.74, 6) is -0.890. The van der Waals surface area contributed by atoms with Crippen molar-refractivity contribution < 1.29 is 14.1 Å². The van der Waals surface area contributed by atoms with Gasteiger partial charge in [-0.05, 0) is 36.8 Å². The molecule has 0 aliphatic carbocycles. The van der Waals surface area contributed by atoms with E-state index in [-0.39, 0.29) is 11.5 Å². The lowest BCUT2D eigenvalue weighted by Gasteiger charge is -2.08. The molecule has 0 aliphatic heterocycles. The van der Waals surface area contributed by atoms with E-state index in [9.17, 15) is 14.5 Å². The van der Waals surface area contributed by atoms with Gasteiger partial charge in [-0.2, -0.15) is 4.39 Å². The van der Waals surface area contributed by atoms with E-state index in [2.05, 4.69) is 0 Å². The van der Waals surface area contributed by atoms with Crippen LogP contribution in [-0.2, 0) is 0 Å². The lowest BCUT2D eigenvalue weighted by atomic mass is 10.2. The lowest BCUT2D eigenvalue weighted by Crippen LogP contribution is -1.97. The maximum atomic E-state index is 13.4. The average molecular weight is 282 g/mol. The van der Waals surface area contributed by atoms with Gasteiger partial charge < -0.3 is 4.74 Å². The number of halogens is 2. The third-order valence-corrected chi connectivity index (χ3v) is 2.75. The highest BCUT2D eigenvalue weighted by Gasteiger charge is 2.22. The quantitative estimate of drug-likeness (QED) is 0.615. The van der Waals surface area contributed by atoms with E-state index in [1.54, 1.807) is 18.2 Å². The molecule has 2 rings (SSSR count). The molecule has 0 bridgehead atoms. The monoisotopic (exact) mass is 281 g/mol. The average Bonchev–Trinajstić information content (AvgIpc) is 2.33. The Balaban J connectivity index is 2.46. The summed E-state index contributed by atoms with van der Waals surface area (Å²) in [4.78, 5) is 10.0. The molecule has 0 saturated heterocycles. The molecule has 19 heavy (non-hydrogen) atoms. The Bertz CT molecular complexity index is 646. The number of aryl methyl sites for hydroxylation is 1. The van der Waals surface area contributed by atoms with Crippen LogP contribution in [0.1, 0.15) is 5.56 Å². The molecule has 0 amide bonds. The van der Waals surface area contributed by atoms with Crippen molar-refractivity contribution in [2.45, 2.75) is 6.92 Å². The van der Waals surface area contributed by atoms with E-state index in [1.807, 2.05) is 6.92 Å². The Kier molecular flexibility index (Phi) is 3.66. The van der Waals surface area contributed by atoms with Crippen LogP contribution in [-0.4, -0.2) is 4.92 Å². The molecule has 2 aromatic carbocycles. The van der Waals surface area contributed by atoms with Crippen LogP contribution in [0.25, 0.3) is 0 Å². The van der Waals surface area contributed by atoms with Crippen molar-refractivity contribution in [3.05, 3.63) is 62.9 Å². The number of nitrogens with zero attached hydrogens (tertiary/aromatic N) is 1. The van der Waals surface area contributed by atoms with Gasteiger partial charge in [0.25, 0.3) is 0 Å². The van der Waals surface area contributed by atoms with Gasteiger partial charge in [0.15, 0.2) is 0 Å². The molecule has 0 saturated carbocycles. The zero-order valence-electron chi connectivity index (χ0n) is 9.89. The molecule has 0 N–H and O–H groups in total. The fourth-order valence-electron chi connectivity index (χ4n) is 1.56. The van der Waals surface area contributed by atoms with Crippen LogP contribution in [0.4, 0.5) is 10.1 Å². The van der Waals surface area contributed by atoms with E-state index in [0.717, 1.165) is 11.6 Å². The standard InChI is InChI=1S/C13H9ClFNO3/c1-8-5-6-9(14)12(7-8)19-11-4-2-3-10(15)13(11)16(17)18/h2-7H,1H3. The first kappa shape index (κ1) is 13.3. The molecule has 0 aromatic heterocycles. The number of hydrogen-bond acceptors (Lipinski definition) is 3. The van der Waals surface area contributed by atoms with Gasteiger partial charge in [0.1, 0.15) is 5.75 Å². The second kappa shape index (κ2) is 5.24. The highest BCUT2D eigenvalue weighted by molar-refractivity contribution is 6.32. The number of rotatable bonds is 3. The van der Waals surface area contributed by atoms with E-state index in [1.165, 1.54) is 12.1 Å². The van der Waals surface area contributed by atoms with Crippen molar-refractivity contribution >= 4 is 17.3 Å². The second-order valence-electron chi connectivity index (χ2n) is 3.88. The van der Waals surface area contributed by atoms with Crippen LogP contribution < -0.4 is 4.74 Å². The number of para-hydroxylation sites is 1. The van der Waals surface area contributed by atoms with E-state index in [4.69, 9.17) is 16.3 Å². The predicted molar refractivity (Wildman–Crippen MR) is 69.3 cm³/mol. The van der Waals surface area contributed by atoms with Crippen LogP contribution in [0.15, 0.2) is 36.4 Å². The van der Waals surface area contributed by atoms with Gasteiger partial charge in [-0.15, -0.1) is 0 Å². The van der Waals surface area contributed by atoms with Crippen molar-refractivity contribution in [3.63, 3.8) is 0 Å². The van der Waals surface area contributed by atoms with Crippen LogP contribution in [0.5, 0.6) is 11.5 Å². The highest BCUT2D eigenvalue weighted by Crippen LogP contribution is 2.36. The fourth-order valence-corrected chi connectivity index (χ4v) is 1.72. The van der Waals surface area contributed by atoms with Gasteiger partial charge >= 0.3 is 5.69 Å². The van der Waals surface area contributed by atoms with Crippen LogP contribution in [0.2, 0.25) is 5.02 Å². The summed E-state index contributed by atoms with van der Waals surface area (Å²) >= 11 is 5.93. The third kappa shape index (κ3) is 2.82. The summed E-state index contributed by atoms with van der Waals surface area (Å²) in [6, 6.07) is 8.66. The third-order valence-electron chi connectivity index (χ3n) is 2.44. The van der Waals surface area contributed by atoms with Crippen molar-refractivity contribution in [1.82, 2.24) is 0 Å². The first-order valence-corrected chi connectivity index (χ1v) is 5.73. The second-order valence-corrected chi connectivity index (χ2v) is 4.29. The Morgan fingerprint density at radius 1 is 1.26 bits per heavy atom. The van der Waals surface area contributed by atoms with Crippen LogP contribution >= 0.6 is 11.6 Å². The number of benzene rings is 2. The van der Waals surface area contributed by atoms with Gasteiger partial charge in [0, 0.05) is 0 Å². The zero-order valence-corrected chi connectivity index (χ0v) is 10.6. The maximum absolute atomic E-state index is 13.4. The van der Waals surface area contributed by atoms with E-state index < -0.39 is 16.4 Å². The van der Waals surface area contributed by atoms with Crippen molar-refractivity contribution in [3.8, 4) is 11.5 Å². The van der Waals surface area contributed by atoms with E-state index in [0.29, 0.717) is 5.02 Å². The Hall–Kier alpha value is -2.14. The predicted octanol–water partition coefficient (Wildman–Crippen LogP) is 4.49. The van der Waals surface area contributed by atoms with Gasteiger partial charge in [-0.25, -0.2) is 0 Å². The molecular weight excluding hydrogens is 273 g/mol. The molecule has 4 nitrogen and oxygen atoms in total. The molecule has 6 heteroatoms. The number of ether oxygens (including phenoxy) is 1. The van der Waals surface area contributed by atoms with Crippen LogP contribution in [0.3, 0.4) is 0 Å². The van der Waals surface area contributed by atoms with Gasteiger partial charge in [0.2, 0.25) is 11.6 Å². The van der Waals surface area contributed by atoms with Gasteiger partial charge in [-0.1, -0.05) is 23.7 Å². The number of nitro groups is 1. The Morgan fingerprint density at radius 2 is 2.00 bits per heavy atom. The summed E-state index contributed by atoms with van der Waals surface area (Å²) in [5, 5.41) is 11.1. The van der Waals surface area contributed by atoms with Crippen molar-refractivity contribution in [2.24, 2.45) is 0 Å². The van der Waals surface area contributed by atoms with E-state index >= 15 is 0 Å². The molecule has 0 aliphatic rings. The highest BCUT2D eigenvalue weighted by atomic mass is 35.5. The Morgan fingerprint density at radius 3 is 2.68 bits per heavy atom. The smallest absolute Gasteiger partial charge is 0.346 e. The fraction of sp³-hybridized carbons (Fsp3) is 0.0769. The number of nitro benzene ring substituents is 1. The van der Waals surface area contributed by atoms with Crippen LogP contribution in [0, 0.1) is 22.9 Å². The van der Waals surface area contributed by atoms with Gasteiger partial charge in [0.05, 0.1) is 9.95 Å². The molecule has 0 radical (unpaired) electrons. The summed E-state index contributed by atoms with van der Waals surface area (Å²) in [6.07, 6.45) is 0. The lowest BCUT2D eigenvalue weighted by molar-refractivity contribution is -0.388. The Labute approximate surface area is 113 Å². The molecular formula is C13H9ClFNO3. The summed E-state index contributed by atoms with van der Waals surface area (Å²) in [6.45, 7) is 1.82. The summed E-state index contributed by atoms with van der Waals surface area (Å²) in [5.41, 5.74) is 0.165. The zero-order chi connectivity index (χ0) is 14.0. The summed E-state index contributed by atoms with van der Waals surface area (Å²) < 4.78 is 18.8. The number of hydrogen-bond donors (Lipinski definition) is 0. The molecule has 0 atom stereocenters.